The van der Waals surface area contributed by atoms with Crippen molar-refractivity contribution in [1.29, 1.82) is 0 Å². The second-order valence-corrected chi connectivity index (χ2v) is 11.1. The lowest BCUT2D eigenvalue weighted by Gasteiger charge is -2.24. The fourth-order valence-electron chi connectivity index (χ4n) is 5.05. The van der Waals surface area contributed by atoms with Gasteiger partial charge in [0, 0.05) is 23.7 Å². The largest absolute Gasteiger partial charge is 0.478 e. The monoisotopic (exact) mass is 551 g/mol. The van der Waals surface area contributed by atoms with Crippen LogP contribution in [-0.4, -0.2) is 45.8 Å². The number of carboxylic acid groups (broad SMARTS) is 1. The molecule has 2 N–H and O–H groups in total. The van der Waals surface area contributed by atoms with Crippen molar-refractivity contribution in [2.75, 3.05) is 0 Å². The minimum Gasteiger partial charge on any atom is -0.478 e. The second kappa shape index (κ2) is 11.3. The number of aromatic amines is 1. The zero-order valence-electron chi connectivity index (χ0n) is 23.6. The van der Waals surface area contributed by atoms with Crippen molar-refractivity contribution in [3.63, 3.8) is 0 Å². The van der Waals surface area contributed by atoms with E-state index in [1.807, 2.05) is 69.4 Å². The number of aryl methyl sites for hydroxylation is 1. The van der Waals surface area contributed by atoms with Crippen LogP contribution in [0.5, 0.6) is 0 Å². The number of nitrogens with zero attached hydrogens (tertiary/aromatic N) is 6. The van der Waals surface area contributed by atoms with Gasteiger partial charge in [0.1, 0.15) is 5.69 Å². The summed E-state index contributed by atoms with van der Waals surface area (Å²) in [6, 6.07) is 17.0. The van der Waals surface area contributed by atoms with Gasteiger partial charge in [0.25, 0.3) is 0 Å². The number of para-hydroxylation sites is 1. The van der Waals surface area contributed by atoms with Crippen molar-refractivity contribution in [2.24, 2.45) is 0 Å². The van der Waals surface area contributed by atoms with Gasteiger partial charge in [-0.2, -0.15) is 0 Å². The molecule has 41 heavy (non-hydrogen) atoms. The summed E-state index contributed by atoms with van der Waals surface area (Å²) in [6.45, 7) is 8.52. The number of unbranched alkanes of at least 4 members (excludes halogenated alkanes) is 1. The van der Waals surface area contributed by atoms with E-state index in [-0.39, 0.29) is 16.7 Å². The molecule has 2 aromatic carbocycles. The summed E-state index contributed by atoms with van der Waals surface area (Å²) in [6.07, 6.45) is 6.10. The summed E-state index contributed by atoms with van der Waals surface area (Å²) in [5, 5.41) is 24.1. The van der Waals surface area contributed by atoms with E-state index < -0.39 is 5.97 Å². The highest BCUT2D eigenvalue weighted by molar-refractivity contribution is 5.92. The molecule has 10 heteroatoms. The number of tetrazole rings is 1. The number of aromatic carboxylic acids is 1. The van der Waals surface area contributed by atoms with E-state index in [1.165, 1.54) is 4.57 Å². The SMILES string of the molecule is CCCCc1cn(-c2c(C(=O)O)cccc2C(C)(C)C)c(=O)n1Cc1ccc(-c2cccnc2-c2nnn[nH]2)cc1. The Bertz CT molecular complexity index is 1730. The van der Waals surface area contributed by atoms with Crippen molar-refractivity contribution in [3.05, 3.63) is 99.9 Å². The molecule has 0 spiro atoms. The smallest absolute Gasteiger partial charge is 0.337 e. The summed E-state index contributed by atoms with van der Waals surface area (Å²) >= 11 is 0. The van der Waals surface area contributed by atoms with Crippen molar-refractivity contribution in [2.45, 2.75) is 58.9 Å². The van der Waals surface area contributed by atoms with Crippen LogP contribution in [0.15, 0.2) is 71.8 Å². The van der Waals surface area contributed by atoms with Gasteiger partial charge in [-0.15, -0.1) is 5.10 Å². The Balaban J connectivity index is 1.56. The minimum atomic E-state index is -1.06. The summed E-state index contributed by atoms with van der Waals surface area (Å²) in [7, 11) is 0. The number of H-pyrrole nitrogens is 1. The molecule has 5 aromatic rings. The van der Waals surface area contributed by atoms with E-state index in [9.17, 15) is 14.7 Å². The number of carbonyl (C=O) groups is 1. The zero-order valence-corrected chi connectivity index (χ0v) is 23.6. The van der Waals surface area contributed by atoms with Crippen LogP contribution in [-0.2, 0) is 18.4 Å². The molecule has 3 aromatic heterocycles. The lowest BCUT2D eigenvalue weighted by molar-refractivity contribution is 0.0696. The molecule has 0 aliphatic heterocycles. The maximum absolute atomic E-state index is 14.0. The Morgan fingerprint density at radius 1 is 1.05 bits per heavy atom. The van der Waals surface area contributed by atoms with E-state index in [0.717, 1.165) is 40.8 Å². The van der Waals surface area contributed by atoms with Crippen molar-refractivity contribution < 1.29 is 9.90 Å². The fourth-order valence-corrected chi connectivity index (χ4v) is 5.05. The first kappa shape index (κ1) is 27.7. The molecule has 210 valence electrons. The first-order valence-electron chi connectivity index (χ1n) is 13.7. The number of hydrogen-bond acceptors (Lipinski definition) is 6. The Labute approximate surface area is 237 Å². The second-order valence-electron chi connectivity index (χ2n) is 11.1. The van der Waals surface area contributed by atoms with E-state index in [1.54, 1.807) is 22.9 Å². The third kappa shape index (κ3) is 5.58. The summed E-state index contributed by atoms with van der Waals surface area (Å²) in [5.41, 5.74) is 4.99. The van der Waals surface area contributed by atoms with Gasteiger partial charge in [0.05, 0.1) is 17.8 Å². The summed E-state index contributed by atoms with van der Waals surface area (Å²) in [5.74, 6) is -0.582. The molecule has 3 heterocycles. The van der Waals surface area contributed by atoms with Gasteiger partial charge in [-0.05, 0) is 57.5 Å². The first-order chi connectivity index (χ1) is 19.7. The van der Waals surface area contributed by atoms with Gasteiger partial charge in [-0.1, -0.05) is 76.6 Å². The van der Waals surface area contributed by atoms with Crippen LogP contribution in [0, 0.1) is 0 Å². The molecule has 0 saturated carbocycles. The van der Waals surface area contributed by atoms with E-state index in [2.05, 4.69) is 32.5 Å². The van der Waals surface area contributed by atoms with Crippen LogP contribution in [0.1, 0.15) is 67.7 Å². The van der Waals surface area contributed by atoms with E-state index in [0.29, 0.717) is 30.2 Å². The molecule has 0 atom stereocenters. The van der Waals surface area contributed by atoms with Crippen LogP contribution in [0.2, 0.25) is 0 Å². The summed E-state index contributed by atoms with van der Waals surface area (Å²) in [4.78, 5) is 30.7. The highest BCUT2D eigenvalue weighted by Gasteiger charge is 2.26. The Kier molecular flexibility index (Phi) is 7.65. The number of carboxylic acids is 1. The summed E-state index contributed by atoms with van der Waals surface area (Å²) < 4.78 is 3.28. The van der Waals surface area contributed by atoms with E-state index in [4.69, 9.17) is 0 Å². The minimum absolute atomic E-state index is 0.109. The standard InChI is InChI=1S/C31H33N7O3/c1-5-6-9-22-19-38(27-24(29(39)40)10-7-12-25(27)31(2,3)4)30(41)37(22)18-20-13-15-21(16-14-20)23-11-8-17-32-26(23)28-33-35-36-34-28/h7-8,10-17,19H,5-6,9,18H2,1-4H3,(H,39,40)(H,33,34,35,36). The lowest BCUT2D eigenvalue weighted by Crippen LogP contribution is -2.28. The number of rotatable bonds is 9. The predicted octanol–water partition coefficient (Wildman–Crippen LogP) is 5.27. The van der Waals surface area contributed by atoms with Crippen LogP contribution in [0.25, 0.3) is 28.3 Å². The molecule has 0 amide bonds. The Hall–Kier alpha value is -4.86. The fraction of sp³-hybridized carbons (Fsp3) is 0.290. The van der Waals surface area contributed by atoms with Crippen molar-refractivity contribution in [1.82, 2.24) is 34.7 Å². The topological polar surface area (TPSA) is 132 Å². The van der Waals surface area contributed by atoms with Gasteiger partial charge in [-0.3, -0.25) is 14.1 Å². The molecule has 5 rings (SSSR count). The quantitative estimate of drug-likeness (QED) is 0.255. The third-order valence-electron chi connectivity index (χ3n) is 7.15. The molecule has 0 radical (unpaired) electrons. The lowest BCUT2D eigenvalue weighted by atomic mass is 9.84. The van der Waals surface area contributed by atoms with Gasteiger partial charge < -0.3 is 5.11 Å². The maximum atomic E-state index is 14.0. The van der Waals surface area contributed by atoms with Crippen molar-refractivity contribution in [3.8, 4) is 28.3 Å². The molecule has 0 aliphatic rings. The normalized spacial score (nSPS) is 11.6. The average molecular weight is 552 g/mol. The zero-order chi connectivity index (χ0) is 29.1. The van der Waals surface area contributed by atoms with Crippen LogP contribution < -0.4 is 5.69 Å². The van der Waals surface area contributed by atoms with Crippen LogP contribution >= 0.6 is 0 Å². The van der Waals surface area contributed by atoms with Crippen LogP contribution in [0.3, 0.4) is 0 Å². The van der Waals surface area contributed by atoms with Crippen molar-refractivity contribution >= 4 is 5.97 Å². The maximum Gasteiger partial charge on any atom is 0.337 e. The number of imidazole rings is 1. The highest BCUT2D eigenvalue weighted by atomic mass is 16.4. The number of pyridine rings is 1. The molecule has 0 aliphatic carbocycles. The number of benzene rings is 2. The molecule has 0 unspecified atom stereocenters. The number of hydrogen-bond donors (Lipinski definition) is 2. The highest BCUT2D eigenvalue weighted by Crippen LogP contribution is 2.31. The molecule has 10 nitrogen and oxygen atoms in total. The van der Waals surface area contributed by atoms with Gasteiger partial charge in [-0.25, -0.2) is 14.7 Å². The van der Waals surface area contributed by atoms with Gasteiger partial charge in [0.2, 0.25) is 0 Å². The Morgan fingerprint density at radius 2 is 1.83 bits per heavy atom. The molecule has 0 fully saturated rings. The third-order valence-corrected chi connectivity index (χ3v) is 7.15. The Morgan fingerprint density at radius 3 is 2.49 bits per heavy atom. The molecular formula is C31H33N7O3. The molecular weight excluding hydrogens is 518 g/mol. The molecule has 0 saturated heterocycles. The van der Waals surface area contributed by atoms with Gasteiger partial charge in [0.15, 0.2) is 5.82 Å². The predicted molar refractivity (Wildman–Crippen MR) is 156 cm³/mol. The first-order valence-corrected chi connectivity index (χ1v) is 13.7. The van der Waals surface area contributed by atoms with Crippen LogP contribution in [0.4, 0.5) is 0 Å². The number of nitrogens with one attached hydrogen (secondary N) is 1. The average Bonchev–Trinajstić information content (AvgIpc) is 3.60. The van der Waals surface area contributed by atoms with E-state index >= 15 is 0 Å². The number of aromatic nitrogens is 7. The van der Waals surface area contributed by atoms with Gasteiger partial charge >= 0.3 is 11.7 Å². The molecule has 0 bridgehead atoms.